The van der Waals surface area contributed by atoms with Crippen molar-refractivity contribution >= 4 is 11.9 Å². The Labute approximate surface area is 142 Å². The van der Waals surface area contributed by atoms with Gasteiger partial charge < -0.3 is 19.9 Å². The van der Waals surface area contributed by atoms with E-state index in [0.29, 0.717) is 11.3 Å². The first-order chi connectivity index (χ1) is 11.4. The maximum absolute atomic E-state index is 12.7. The molecule has 130 valence electrons. The highest BCUT2D eigenvalue weighted by Crippen LogP contribution is 2.48. The Morgan fingerprint density at radius 2 is 2.17 bits per heavy atom. The van der Waals surface area contributed by atoms with E-state index < -0.39 is 0 Å². The van der Waals surface area contributed by atoms with Gasteiger partial charge in [-0.05, 0) is 30.7 Å². The second-order valence-corrected chi connectivity index (χ2v) is 7.00. The van der Waals surface area contributed by atoms with E-state index in [4.69, 9.17) is 4.74 Å². The lowest BCUT2D eigenvalue weighted by molar-refractivity contribution is 0.0662. The zero-order valence-corrected chi connectivity index (χ0v) is 14.4. The number of carbonyl (C=O) groups is 2. The van der Waals surface area contributed by atoms with E-state index in [1.165, 1.54) is 0 Å². The quantitative estimate of drug-likeness (QED) is 0.907. The molecule has 1 aliphatic heterocycles. The van der Waals surface area contributed by atoms with Crippen LogP contribution in [0.5, 0.6) is 5.75 Å². The van der Waals surface area contributed by atoms with E-state index in [1.807, 2.05) is 4.90 Å². The van der Waals surface area contributed by atoms with Gasteiger partial charge in [0.25, 0.3) is 5.91 Å². The van der Waals surface area contributed by atoms with E-state index in [1.54, 1.807) is 44.6 Å². The molecule has 1 aromatic heterocycles. The van der Waals surface area contributed by atoms with Crippen molar-refractivity contribution in [2.45, 2.75) is 25.3 Å². The van der Waals surface area contributed by atoms with Crippen LogP contribution in [0.15, 0.2) is 18.5 Å². The first-order valence-electron chi connectivity index (χ1n) is 8.19. The number of urea groups is 1. The number of likely N-dealkylation sites (tertiary alicyclic amines) is 1. The number of pyridine rings is 1. The second kappa shape index (κ2) is 6.30. The van der Waals surface area contributed by atoms with Gasteiger partial charge in [0.2, 0.25) is 0 Å². The lowest BCUT2D eigenvalue weighted by Crippen LogP contribution is -2.54. The highest BCUT2D eigenvalue weighted by atomic mass is 16.5. The zero-order chi connectivity index (χ0) is 17.3. The molecule has 1 spiro atoms. The molecule has 7 heteroatoms. The average molecular weight is 332 g/mol. The minimum atomic E-state index is -0.0534. The molecule has 1 saturated heterocycles. The average Bonchev–Trinajstić information content (AvgIpc) is 2.99. The fourth-order valence-corrected chi connectivity index (χ4v) is 3.72. The second-order valence-electron chi connectivity index (χ2n) is 7.00. The van der Waals surface area contributed by atoms with Gasteiger partial charge in [0.15, 0.2) is 0 Å². The van der Waals surface area contributed by atoms with Crippen molar-refractivity contribution in [1.82, 2.24) is 20.1 Å². The molecule has 2 aliphatic rings. The molecule has 3 rings (SSSR count). The summed E-state index contributed by atoms with van der Waals surface area (Å²) in [6.45, 7) is 1.49. The third kappa shape index (κ3) is 3.02. The molecule has 1 N–H and O–H groups in total. The lowest BCUT2D eigenvalue weighted by Gasteiger charge is -2.45. The number of hydrogen-bond donors (Lipinski definition) is 1. The Hall–Kier alpha value is -2.31. The monoisotopic (exact) mass is 332 g/mol. The summed E-state index contributed by atoms with van der Waals surface area (Å²) in [4.78, 5) is 31.9. The van der Waals surface area contributed by atoms with Gasteiger partial charge in [-0.15, -0.1) is 0 Å². The van der Waals surface area contributed by atoms with E-state index in [-0.39, 0.29) is 23.4 Å². The minimum Gasteiger partial charge on any atom is -0.494 e. The van der Waals surface area contributed by atoms with Crippen molar-refractivity contribution in [2.75, 3.05) is 34.3 Å². The molecule has 0 radical (unpaired) electrons. The SMILES string of the molecule is COc1cnccc1C(=O)N1CCC2(CC(NC(=O)N(C)C)C2)C1. The molecule has 1 saturated carbocycles. The fourth-order valence-electron chi connectivity index (χ4n) is 3.72. The molecule has 24 heavy (non-hydrogen) atoms. The number of carbonyl (C=O) groups excluding carboxylic acids is 2. The van der Waals surface area contributed by atoms with Crippen molar-refractivity contribution in [2.24, 2.45) is 5.41 Å². The largest absolute Gasteiger partial charge is 0.494 e. The summed E-state index contributed by atoms with van der Waals surface area (Å²) in [5.41, 5.74) is 0.710. The van der Waals surface area contributed by atoms with Crippen LogP contribution < -0.4 is 10.1 Å². The number of rotatable bonds is 3. The first kappa shape index (κ1) is 16.5. The van der Waals surface area contributed by atoms with Crippen LogP contribution in [-0.4, -0.2) is 67.1 Å². The molecular weight excluding hydrogens is 308 g/mol. The standard InChI is InChI=1S/C17H24N4O3/c1-20(2)16(23)19-12-8-17(9-12)5-7-21(11-17)15(22)13-4-6-18-10-14(13)24-3/h4,6,10,12H,5,7-9,11H2,1-3H3,(H,19,23). The number of amides is 3. The predicted molar refractivity (Wildman–Crippen MR) is 89.0 cm³/mol. The van der Waals surface area contributed by atoms with E-state index >= 15 is 0 Å². The first-order valence-corrected chi connectivity index (χ1v) is 8.19. The van der Waals surface area contributed by atoms with Gasteiger partial charge in [0, 0.05) is 39.4 Å². The molecule has 1 aliphatic carbocycles. The Bertz CT molecular complexity index is 640. The predicted octanol–water partition coefficient (Wildman–Crippen LogP) is 1.36. The van der Waals surface area contributed by atoms with Crippen LogP contribution in [0.25, 0.3) is 0 Å². The van der Waals surface area contributed by atoms with Crippen LogP contribution in [0, 0.1) is 5.41 Å². The van der Waals surface area contributed by atoms with E-state index in [2.05, 4.69) is 10.3 Å². The van der Waals surface area contributed by atoms with Crippen molar-refractivity contribution in [1.29, 1.82) is 0 Å². The molecule has 0 unspecified atom stereocenters. The highest BCUT2D eigenvalue weighted by Gasteiger charge is 2.50. The van der Waals surface area contributed by atoms with Gasteiger partial charge in [-0.1, -0.05) is 0 Å². The van der Waals surface area contributed by atoms with Crippen LogP contribution >= 0.6 is 0 Å². The number of ether oxygens (including phenoxy) is 1. The molecule has 3 amide bonds. The van der Waals surface area contributed by atoms with Crippen molar-refractivity contribution in [3.8, 4) is 5.75 Å². The molecule has 7 nitrogen and oxygen atoms in total. The summed E-state index contributed by atoms with van der Waals surface area (Å²) in [6.07, 6.45) is 6.03. The third-order valence-electron chi connectivity index (χ3n) is 5.05. The summed E-state index contributed by atoms with van der Waals surface area (Å²) in [5, 5.41) is 3.02. The Morgan fingerprint density at radius 3 is 2.83 bits per heavy atom. The van der Waals surface area contributed by atoms with Gasteiger partial charge >= 0.3 is 6.03 Å². The van der Waals surface area contributed by atoms with Crippen LogP contribution in [0.3, 0.4) is 0 Å². The lowest BCUT2D eigenvalue weighted by atomic mass is 9.65. The van der Waals surface area contributed by atoms with Gasteiger partial charge in [-0.2, -0.15) is 0 Å². The summed E-state index contributed by atoms with van der Waals surface area (Å²) in [6, 6.07) is 1.86. The van der Waals surface area contributed by atoms with E-state index in [0.717, 1.165) is 32.4 Å². The Kier molecular flexibility index (Phi) is 4.34. The van der Waals surface area contributed by atoms with Crippen LogP contribution in [0.4, 0.5) is 4.79 Å². The molecule has 0 aromatic carbocycles. The highest BCUT2D eigenvalue weighted by molar-refractivity contribution is 5.97. The summed E-state index contributed by atoms with van der Waals surface area (Å²) >= 11 is 0. The molecule has 0 atom stereocenters. The number of nitrogens with one attached hydrogen (secondary N) is 1. The van der Waals surface area contributed by atoms with Crippen LogP contribution in [0.2, 0.25) is 0 Å². The van der Waals surface area contributed by atoms with Crippen molar-refractivity contribution < 1.29 is 14.3 Å². The maximum Gasteiger partial charge on any atom is 0.317 e. The van der Waals surface area contributed by atoms with Gasteiger partial charge in [0.1, 0.15) is 5.75 Å². The van der Waals surface area contributed by atoms with Gasteiger partial charge in [-0.3, -0.25) is 9.78 Å². The summed E-state index contributed by atoms with van der Waals surface area (Å²) in [7, 11) is 5.02. The van der Waals surface area contributed by atoms with Crippen LogP contribution in [0.1, 0.15) is 29.6 Å². The van der Waals surface area contributed by atoms with E-state index in [9.17, 15) is 9.59 Å². The van der Waals surface area contributed by atoms with Gasteiger partial charge in [-0.25, -0.2) is 4.79 Å². The fraction of sp³-hybridized carbons (Fsp3) is 0.588. The van der Waals surface area contributed by atoms with Crippen LogP contribution in [-0.2, 0) is 0 Å². The van der Waals surface area contributed by atoms with Crippen molar-refractivity contribution in [3.63, 3.8) is 0 Å². The summed E-state index contributed by atoms with van der Waals surface area (Å²) in [5.74, 6) is 0.500. The summed E-state index contributed by atoms with van der Waals surface area (Å²) < 4.78 is 5.24. The number of nitrogens with zero attached hydrogens (tertiary/aromatic N) is 3. The number of methoxy groups -OCH3 is 1. The molecule has 2 fully saturated rings. The third-order valence-corrected chi connectivity index (χ3v) is 5.05. The topological polar surface area (TPSA) is 74.8 Å². The normalized spacial score (nSPS) is 25.3. The Balaban J connectivity index is 1.59. The number of aromatic nitrogens is 1. The van der Waals surface area contributed by atoms with Gasteiger partial charge in [0.05, 0.1) is 18.9 Å². The zero-order valence-electron chi connectivity index (χ0n) is 14.4. The maximum atomic E-state index is 12.7. The molecular formula is C17H24N4O3. The molecule has 1 aromatic rings. The number of hydrogen-bond acceptors (Lipinski definition) is 4. The van der Waals surface area contributed by atoms with Crippen molar-refractivity contribution in [3.05, 3.63) is 24.0 Å². The molecule has 0 bridgehead atoms. The Morgan fingerprint density at radius 1 is 1.42 bits per heavy atom. The smallest absolute Gasteiger partial charge is 0.317 e. The minimum absolute atomic E-state index is 0.00750. The molecule has 2 heterocycles.